The largest absolute Gasteiger partial charge is 0.356 e. The first-order valence-corrected chi connectivity index (χ1v) is 7.19. The fourth-order valence-electron chi connectivity index (χ4n) is 2.56. The molecule has 1 aliphatic rings. The molecule has 1 saturated heterocycles. The van der Waals surface area contributed by atoms with Crippen LogP contribution in [0.2, 0.25) is 0 Å². The highest BCUT2D eigenvalue weighted by Crippen LogP contribution is 2.21. The molecule has 1 rings (SSSR count). The number of nitrogens with one attached hydrogen (secondary N) is 1. The van der Waals surface area contributed by atoms with E-state index < -0.39 is 0 Å². The van der Waals surface area contributed by atoms with Crippen LogP contribution in [0.15, 0.2) is 0 Å². The predicted octanol–water partition coefficient (Wildman–Crippen LogP) is 1.35. The topological polar surface area (TPSA) is 58.4 Å². The summed E-state index contributed by atoms with van der Waals surface area (Å²) in [7, 11) is 0. The van der Waals surface area contributed by atoms with Crippen LogP contribution in [0.1, 0.15) is 46.5 Å². The molecule has 1 unspecified atom stereocenters. The van der Waals surface area contributed by atoms with Crippen molar-refractivity contribution < 1.29 is 4.79 Å². The van der Waals surface area contributed by atoms with Crippen molar-refractivity contribution in [3.05, 3.63) is 0 Å². The second kappa shape index (κ2) is 7.10. The summed E-state index contributed by atoms with van der Waals surface area (Å²) in [5.41, 5.74) is 5.96. The van der Waals surface area contributed by atoms with Gasteiger partial charge in [-0.05, 0) is 37.8 Å². The third-order valence-electron chi connectivity index (χ3n) is 3.67. The Hall–Kier alpha value is -0.610. The first kappa shape index (κ1) is 15.4. The van der Waals surface area contributed by atoms with E-state index in [-0.39, 0.29) is 11.3 Å². The molecule has 1 atom stereocenters. The van der Waals surface area contributed by atoms with Crippen molar-refractivity contribution in [1.29, 1.82) is 0 Å². The average molecular weight is 255 g/mol. The number of amides is 1. The summed E-state index contributed by atoms with van der Waals surface area (Å²) < 4.78 is 0. The van der Waals surface area contributed by atoms with Crippen LogP contribution < -0.4 is 11.1 Å². The number of nitrogens with zero attached hydrogens (tertiary/aromatic N) is 1. The molecule has 4 nitrogen and oxygen atoms in total. The van der Waals surface area contributed by atoms with Gasteiger partial charge in [0.25, 0.3) is 0 Å². The Morgan fingerprint density at radius 2 is 2.22 bits per heavy atom. The van der Waals surface area contributed by atoms with Gasteiger partial charge in [-0.2, -0.15) is 0 Å². The summed E-state index contributed by atoms with van der Waals surface area (Å²) in [6.45, 7) is 10.1. The molecule has 0 aromatic rings. The van der Waals surface area contributed by atoms with Crippen LogP contribution in [0.4, 0.5) is 0 Å². The highest BCUT2D eigenvalue weighted by atomic mass is 16.1. The first-order valence-electron chi connectivity index (χ1n) is 7.19. The zero-order chi connectivity index (χ0) is 13.6. The Morgan fingerprint density at radius 3 is 2.83 bits per heavy atom. The zero-order valence-electron chi connectivity index (χ0n) is 12.2. The van der Waals surface area contributed by atoms with Crippen molar-refractivity contribution in [3.8, 4) is 0 Å². The molecule has 0 bridgehead atoms. The summed E-state index contributed by atoms with van der Waals surface area (Å²) in [4.78, 5) is 14.1. The van der Waals surface area contributed by atoms with Crippen LogP contribution in [0, 0.1) is 5.41 Å². The Kier molecular flexibility index (Phi) is 6.09. The normalized spacial score (nSPS) is 21.8. The number of carbonyl (C=O) groups is 1. The second-order valence-corrected chi connectivity index (χ2v) is 6.19. The highest BCUT2D eigenvalue weighted by molar-refractivity contribution is 5.76. The maximum atomic E-state index is 11.7. The summed E-state index contributed by atoms with van der Waals surface area (Å²) in [6, 6.07) is 0.387. The molecule has 1 heterocycles. The van der Waals surface area contributed by atoms with Crippen molar-refractivity contribution in [2.45, 2.75) is 52.5 Å². The van der Waals surface area contributed by atoms with Gasteiger partial charge in [-0.1, -0.05) is 20.8 Å². The summed E-state index contributed by atoms with van der Waals surface area (Å²) in [5.74, 6) is 0.198. The third-order valence-corrected chi connectivity index (χ3v) is 3.67. The molecule has 0 spiro atoms. The van der Waals surface area contributed by atoms with Crippen molar-refractivity contribution >= 4 is 5.91 Å². The molecular formula is C14H29N3O. The average Bonchev–Trinajstić information content (AvgIpc) is 2.53. The minimum atomic E-state index is 0.123. The molecule has 0 aliphatic carbocycles. The van der Waals surface area contributed by atoms with Gasteiger partial charge >= 0.3 is 0 Å². The van der Waals surface area contributed by atoms with Gasteiger partial charge < -0.3 is 11.1 Å². The van der Waals surface area contributed by atoms with E-state index in [0.29, 0.717) is 19.0 Å². The Balaban J connectivity index is 2.66. The van der Waals surface area contributed by atoms with E-state index >= 15 is 0 Å². The molecule has 3 N–H and O–H groups in total. The SMILES string of the molecule is CCCN(CC(C)(C)CN)C1CCCNC(=O)C1. The van der Waals surface area contributed by atoms with Crippen molar-refractivity contribution in [2.75, 3.05) is 26.2 Å². The van der Waals surface area contributed by atoms with Gasteiger partial charge in [-0.25, -0.2) is 0 Å². The summed E-state index contributed by atoms with van der Waals surface area (Å²) in [6.07, 6.45) is 3.96. The van der Waals surface area contributed by atoms with Crippen LogP contribution in [0.3, 0.4) is 0 Å². The van der Waals surface area contributed by atoms with E-state index in [0.717, 1.165) is 38.9 Å². The van der Waals surface area contributed by atoms with E-state index in [2.05, 4.69) is 31.0 Å². The summed E-state index contributed by atoms with van der Waals surface area (Å²) in [5, 5.41) is 2.96. The maximum Gasteiger partial charge on any atom is 0.221 e. The quantitative estimate of drug-likeness (QED) is 0.753. The molecule has 0 aromatic heterocycles. The molecule has 18 heavy (non-hydrogen) atoms. The van der Waals surface area contributed by atoms with Gasteiger partial charge in [-0.3, -0.25) is 9.69 Å². The Morgan fingerprint density at radius 1 is 1.50 bits per heavy atom. The van der Waals surface area contributed by atoms with Gasteiger partial charge in [0.15, 0.2) is 0 Å². The van der Waals surface area contributed by atoms with Crippen molar-refractivity contribution in [1.82, 2.24) is 10.2 Å². The predicted molar refractivity (Wildman–Crippen MR) is 75.3 cm³/mol. The molecule has 0 aromatic carbocycles. The maximum absolute atomic E-state index is 11.7. The smallest absolute Gasteiger partial charge is 0.221 e. The van der Waals surface area contributed by atoms with Crippen LogP contribution in [0.25, 0.3) is 0 Å². The monoisotopic (exact) mass is 255 g/mol. The molecular weight excluding hydrogens is 226 g/mol. The first-order chi connectivity index (χ1) is 8.48. The molecule has 4 heteroatoms. The van der Waals surface area contributed by atoms with E-state index in [1.807, 2.05) is 0 Å². The number of hydrogen-bond acceptors (Lipinski definition) is 3. The zero-order valence-corrected chi connectivity index (χ0v) is 12.2. The molecule has 0 radical (unpaired) electrons. The number of nitrogens with two attached hydrogens (primary N) is 1. The highest BCUT2D eigenvalue weighted by Gasteiger charge is 2.27. The van der Waals surface area contributed by atoms with Gasteiger partial charge in [0.05, 0.1) is 0 Å². The van der Waals surface area contributed by atoms with E-state index in [1.54, 1.807) is 0 Å². The lowest BCUT2D eigenvalue weighted by Gasteiger charge is -2.36. The van der Waals surface area contributed by atoms with E-state index in [1.165, 1.54) is 0 Å². The van der Waals surface area contributed by atoms with Crippen LogP contribution in [0.5, 0.6) is 0 Å². The van der Waals surface area contributed by atoms with Gasteiger partial charge in [0.1, 0.15) is 0 Å². The van der Waals surface area contributed by atoms with Gasteiger partial charge in [0.2, 0.25) is 5.91 Å². The molecule has 0 saturated carbocycles. The molecule has 1 aliphatic heterocycles. The lowest BCUT2D eigenvalue weighted by molar-refractivity contribution is -0.121. The van der Waals surface area contributed by atoms with Crippen LogP contribution in [-0.4, -0.2) is 43.0 Å². The fourth-order valence-corrected chi connectivity index (χ4v) is 2.56. The van der Waals surface area contributed by atoms with Crippen LogP contribution in [-0.2, 0) is 4.79 Å². The number of carbonyl (C=O) groups excluding carboxylic acids is 1. The van der Waals surface area contributed by atoms with Crippen molar-refractivity contribution in [2.24, 2.45) is 11.1 Å². The van der Waals surface area contributed by atoms with E-state index in [4.69, 9.17) is 5.73 Å². The number of rotatable bonds is 6. The third kappa shape index (κ3) is 4.94. The molecule has 1 fully saturated rings. The lowest BCUT2D eigenvalue weighted by atomic mass is 9.91. The molecule has 106 valence electrons. The Labute approximate surface area is 111 Å². The van der Waals surface area contributed by atoms with Crippen molar-refractivity contribution in [3.63, 3.8) is 0 Å². The fraction of sp³-hybridized carbons (Fsp3) is 0.929. The molecule has 1 amide bonds. The standard InChI is InChI=1S/C14H29N3O/c1-4-8-17(11-14(2,3)10-15)12-6-5-7-16-13(18)9-12/h12H,4-11,15H2,1-3H3,(H,16,18). The van der Waals surface area contributed by atoms with Gasteiger partial charge in [0, 0.05) is 25.6 Å². The second-order valence-electron chi connectivity index (χ2n) is 6.19. The van der Waals surface area contributed by atoms with Gasteiger partial charge in [-0.15, -0.1) is 0 Å². The minimum Gasteiger partial charge on any atom is -0.356 e. The lowest BCUT2D eigenvalue weighted by Crippen LogP contribution is -2.45. The van der Waals surface area contributed by atoms with E-state index in [9.17, 15) is 4.79 Å². The Bertz CT molecular complexity index is 266. The minimum absolute atomic E-state index is 0.123. The summed E-state index contributed by atoms with van der Waals surface area (Å²) >= 11 is 0. The van der Waals surface area contributed by atoms with Crippen LogP contribution >= 0.6 is 0 Å². The number of hydrogen-bond donors (Lipinski definition) is 2.